The van der Waals surface area contributed by atoms with Crippen LogP contribution in [0, 0.1) is 11.8 Å². The third-order valence-electron chi connectivity index (χ3n) is 7.88. The number of carbonyl (C=O) groups excluding carboxylic acids is 2. The molecule has 8 heteroatoms. The maximum absolute atomic E-state index is 14.1. The molecule has 2 unspecified atom stereocenters. The van der Waals surface area contributed by atoms with E-state index in [0.717, 1.165) is 12.8 Å². The van der Waals surface area contributed by atoms with Gasteiger partial charge >= 0.3 is 5.97 Å². The number of unbranched alkanes of at least 4 members (excludes halogenated alkanes) is 3. The molecule has 33 heavy (non-hydrogen) atoms. The third-order valence-corrected chi connectivity index (χ3v) is 7.88. The van der Waals surface area contributed by atoms with Gasteiger partial charge in [-0.1, -0.05) is 25.8 Å². The molecule has 3 saturated heterocycles. The molecule has 3 heterocycles. The molecule has 0 aromatic carbocycles. The molecule has 2 amide bonds. The van der Waals surface area contributed by atoms with Gasteiger partial charge in [0.2, 0.25) is 11.8 Å². The summed E-state index contributed by atoms with van der Waals surface area (Å²) in [5.74, 6) is -3.29. The second-order valence-electron chi connectivity index (χ2n) is 10.7. The number of aliphatic hydroxyl groups excluding tert-OH is 1. The summed E-state index contributed by atoms with van der Waals surface area (Å²) in [6, 6.07) is -0.843. The molecule has 0 aromatic rings. The van der Waals surface area contributed by atoms with Gasteiger partial charge in [0.25, 0.3) is 0 Å². The number of amides is 2. The van der Waals surface area contributed by atoms with Crippen LogP contribution in [0.4, 0.5) is 0 Å². The SMILES string of the molecule is C=CCN(C(=O)C1N(CCCCCCO)C(=O)[C@@H]2[C@H](C(=O)O)[C@]3(CC)CCC12O3)C(C)(C)C. The molecule has 186 valence electrons. The van der Waals surface area contributed by atoms with Gasteiger partial charge in [0, 0.05) is 25.2 Å². The summed E-state index contributed by atoms with van der Waals surface area (Å²) >= 11 is 0. The first-order valence-corrected chi connectivity index (χ1v) is 12.3. The van der Waals surface area contributed by atoms with Crippen LogP contribution in [0.2, 0.25) is 0 Å². The van der Waals surface area contributed by atoms with Gasteiger partial charge in [0.15, 0.2) is 0 Å². The molecule has 0 radical (unpaired) electrons. The molecule has 3 aliphatic rings. The van der Waals surface area contributed by atoms with Gasteiger partial charge in [-0.3, -0.25) is 14.4 Å². The number of hydrogen-bond acceptors (Lipinski definition) is 5. The minimum atomic E-state index is -1.11. The molecule has 3 aliphatic heterocycles. The summed E-state index contributed by atoms with van der Waals surface area (Å²) in [4.78, 5) is 43.5. The lowest BCUT2D eigenvalue weighted by atomic mass is 9.65. The Kier molecular flexibility index (Phi) is 7.30. The molecule has 3 fully saturated rings. The predicted octanol–water partition coefficient (Wildman–Crippen LogP) is 2.59. The summed E-state index contributed by atoms with van der Waals surface area (Å²) in [6.45, 7) is 12.4. The molecule has 0 aliphatic carbocycles. The zero-order valence-electron chi connectivity index (χ0n) is 20.5. The van der Waals surface area contributed by atoms with E-state index in [1.165, 1.54) is 0 Å². The van der Waals surface area contributed by atoms with E-state index in [0.29, 0.717) is 45.2 Å². The highest BCUT2D eigenvalue weighted by molar-refractivity contribution is 5.98. The molecule has 2 bridgehead atoms. The Morgan fingerprint density at radius 1 is 1.24 bits per heavy atom. The number of carbonyl (C=O) groups is 3. The van der Waals surface area contributed by atoms with Crippen LogP contribution in [0.5, 0.6) is 0 Å². The summed E-state index contributed by atoms with van der Waals surface area (Å²) in [5.41, 5.74) is -2.51. The zero-order valence-corrected chi connectivity index (χ0v) is 20.5. The van der Waals surface area contributed by atoms with Gasteiger partial charge in [0.05, 0.1) is 11.5 Å². The molecule has 1 spiro atoms. The maximum Gasteiger partial charge on any atom is 0.310 e. The van der Waals surface area contributed by atoms with Crippen molar-refractivity contribution in [2.45, 2.75) is 95.4 Å². The highest BCUT2D eigenvalue weighted by Gasteiger charge is 2.79. The number of carboxylic acids is 1. The molecule has 0 aromatic heterocycles. The minimum absolute atomic E-state index is 0.129. The number of aliphatic hydroxyl groups is 1. The van der Waals surface area contributed by atoms with Gasteiger partial charge in [-0.05, 0) is 52.9 Å². The van der Waals surface area contributed by atoms with E-state index >= 15 is 0 Å². The summed E-state index contributed by atoms with van der Waals surface area (Å²) in [5, 5.41) is 19.2. The Morgan fingerprint density at radius 3 is 2.45 bits per heavy atom. The quantitative estimate of drug-likeness (QED) is 0.360. The van der Waals surface area contributed by atoms with E-state index in [1.807, 2.05) is 27.7 Å². The van der Waals surface area contributed by atoms with Crippen molar-refractivity contribution < 1.29 is 29.3 Å². The average Bonchev–Trinajstić information content (AvgIpc) is 3.34. The second-order valence-corrected chi connectivity index (χ2v) is 10.7. The fourth-order valence-electron chi connectivity index (χ4n) is 6.33. The van der Waals surface area contributed by atoms with Gasteiger partial charge in [-0.15, -0.1) is 6.58 Å². The summed E-state index contributed by atoms with van der Waals surface area (Å²) in [6.07, 6.45) is 6.25. The number of likely N-dealkylation sites (tertiary alicyclic amines) is 1. The van der Waals surface area contributed by atoms with Gasteiger partial charge in [0.1, 0.15) is 17.6 Å². The van der Waals surface area contributed by atoms with Crippen molar-refractivity contribution in [3.8, 4) is 0 Å². The number of ether oxygens (including phenoxy) is 1. The maximum atomic E-state index is 14.1. The first kappa shape index (κ1) is 25.7. The average molecular weight is 465 g/mol. The van der Waals surface area contributed by atoms with Crippen molar-refractivity contribution in [3.63, 3.8) is 0 Å². The Hall–Kier alpha value is -1.93. The predicted molar refractivity (Wildman–Crippen MR) is 123 cm³/mol. The topological polar surface area (TPSA) is 107 Å². The van der Waals surface area contributed by atoms with Crippen molar-refractivity contribution in [2.75, 3.05) is 19.7 Å². The summed E-state index contributed by atoms with van der Waals surface area (Å²) in [7, 11) is 0. The van der Waals surface area contributed by atoms with Crippen LogP contribution in [0.3, 0.4) is 0 Å². The van der Waals surface area contributed by atoms with Crippen molar-refractivity contribution in [1.29, 1.82) is 0 Å². The molecule has 5 atom stereocenters. The number of fused-ring (bicyclic) bond motifs is 1. The fraction of sp³-hybridized carbons (Fsp3) is 0.800. The lowest BCUT2D eigenvalue weighted by molar-refractivity contribution is -0.159. The molecule has 0 saturated carbocycles. The second kappa shape index (κ2) is 9.37. The normalized spacial score (nSPS) is 32.8. The third kappa shape index (κ3) is 4.09. The Morgan fingerprint density at radius 2 is 1.91 bits per heavy atom. The van der Waals surface area contributed by atoms with E-state index in [-0.39, 0.29) is 18.4 Å². The largest absolute Gasteiger partial charge is 0.481 e. The fourth-order valence-corrected chi connectivity index (χ4v) is 6.33. The molecule has 3 rings (SSSR count). The van der Waals surface area contributed by atoms with Crippen LogP contribution < -0.4 is 0 Å². The van der Waals surface area contributed by atoms with Crippen molar-refractivity contribution in [2.24, 2.45) is 11.8 Å². The van der Waals surface area contributed by atoms with Crippen LogP contribution in [0.15, 0.2) is 12.7 Å². The van der Waals surface area contributed by atoms with Gasteiger partial charge in [-0.25, -0.2) is 0 Å². The van der Waals surface area contributed by atoms with Gasteiger partial charge < -0.3 is 24.7 Å². The lowest BCUT2D eigenvalue weighted by Crippen LogP contribution is -2.60. The smallest absolute Gasteiger partial charge is 0.310 e. The Labute approximate surface area is 196 Å². The van der Waals surface area contributed by atoms with Crippen molar-refractivity contribution in [3.05, 3.63) is 12.7 Å². The van der Waals surface area contributed by atoms with Crippen LogP contribution in [-0.2, 0) is 19.1 Å². The minimum Gasteiger partial charge on any atom is -0.481 e. The standard InChI is InChI=1S/C25H40N2O6/c1-6-14-27(23(3,4)5)21(30)19-25-13-12-24(7-2,33-25)18(22(31)32)17(25)20(29)26(19)15-10-8-9-11-16-28/h6,17-19,28H,1,7-16H2,2-5H3,(H,31,32)/t17-,18+,19?,24-,25?/m0/s1. The van der Waals surface area contributed by atoms with Crippen molar-refractivity contribution >= 4 is 17.8 Å². The highest BCUT2D eigenvalue weighted by atomic mass is 16.5. The number of rotatable bonds is 11. The highest BCUT2D eigenvalue weighted by Crippen LogP contribution is 2.64. The van der Waals surface area contributed by atoms with E-state index in [4.69, 9.17) is 9.84 Å². The number of hydrogen-bond donors (Lipinski definition) is 2. The first-order chi connectivity index (χ1) is 15.5. The van der Waals surface area contributed by atoms with E-state index in [9.17, 15) is 19.5 Å². The van der Waals surface area contributed by atoms with Crippen LogP contribution in [-0.4, -0.2) is 80.3 Å². The van der Waals surface area contributed by atoms with Crippen LogP contribution >= 0.6 is 0 Å². The Bertz CT molecular complexity index is 792. The molecular formula is C25H40N2O6. The lowest BCUT2D eigenvalue weighted by Gasteiger charge is -2.42. The van der Waals surface area contributed by atoms with Crippen molar-refractivity contribution in [1.82, 2.24) is 9.80 Å². The van der Waals surface area contributed by atoms with Crippen LogP contribution in [0.1, 0.15) is 72.6 Å². The first-order valence-electron chi connectivity index (χ1n) is 12.3. The molecule has 2 N–H and O–H groups in total. The van der Waals surface area contributed by atoms with Gasteiger partial charge in [-0.2, -0.15) is 0 Å². The van der Waals surface area contributed by atoms with E-state index in [2.05, 4.69) is 6.58 Å². The zero-order chi connectivity index (χ0) is 24.6. The molecule has 8 nitrogen and oxygen atoms in total. The number of aliphatic carboxylic acids is 1. The van der Waals surface area contributed by atoms with E-state index in [1.54, 1.807) is 15.9 Å². The number of carboxylic acid groups (broad SMARTS) is 1. The van der Waals surface area contributed by atoms with E-state index < -0.39 is 40.6 Å². The van der Waals surface area contributed by atoms with Crippen LogP contribution in [0.25, 0.3) is 0 Å². The Balaban J connectivity index is 2.02. The number of nitrogens with zero attached hydrogens (tertiary/aromatic N) is 2. The molecular weight excluding hydrogens is 424 g/mol. The monoisotopic (exact) mass is 464 g/mol. The summed E-state index contributed by atoms with van der Waals surface area (Å²) < 4.78 is 6.57.